The minimum absolute atomic E-state index is 0.375. The zero-order valence-electron chi connectivity index (χ0n) is 11.0. The lowest BCUT2D eigenvalue weighted by Gasteiger charge is -2.08. The fourth-order valence-electron chi connectivity index (χ4n) is 1.87. The normalized spacial score (nSPS) is 10.2. The second-order valence-corrected chi connectivity index (χ2v) is 4.39. The average molecular weight is 255 g/mol. The number of carbonyl (C=O) groups excluding carboxylic acids is 1. The molecule has 0 fully saturated rings. The first-order chi connectivity index (χ1) is 9.29. The zero-order chi connectivity index (χ0) is 13.5. The van der Waals surface area contributed by atoms with Crippen LogP contribution in [0, 0.1) is 6.92 Å². The lowest BCUT2D eigenvalue weighted by molar-refractivity contribution is 0.111. The molecule has 2 rings (SSSR count). The summed E-state index contributed by atoms with van der Waals surface area (Å²) in [5.74, 6) is 0.564. The molecular weight excluding hydrogens is 238 g/mol. The summed E-state index contributed by atoms with van der Waals surface area (Å²) in [5, 5.41) is 0. The molecular formula is C16H17NO2. The quantitative estimate of drug-likeness (QED) is 0.587. The minimum Gasteiger partial charge on any atom is -0.491 e. The highest BCUT2D eigenvalue weighted by molar-refractivity contribution is 5.76. The molecule has 3 heteroatoms. The minimum atomic E-state index is 0.375. The van der Waals surface area contributed by atoms with E-state index in [9.17, 15) is 4.79 Å². The molecule has 1 heterocycles. The molecule has 0 aliphatic carbocycles. The third-order valence-corrected chi connectivity index (χ3v) is 2.85. The average Bonchev–Trinajstić information content (AvgIpc) is 2.46. The lowest BCUT2D eigenvalue weighted by atomic mass is 10.1. The standard InChI is InChI=1S/C16H17NO2/c1-13-9-10-16(15(12-18)17-13)19-11-5-8-14-6-3-2-4-7-14/h2-4,6-7,9-10,12H,5,8,11H2,1H3. The Labute approximate surface area is 113 Å². The maximum atomic E-state index is 10.9. The number of aryl methyl sites for hydroxylation is 2. The van der Waals surface area contributed by atoms with Crippen molar-refractivity contribution >= 4 is 6.29 Å². The summed E-state index contributed by atoms with van der Waals surface area (Å²) in [5.41, 5.74) is 2.49. The maximum Gasteiger partial charge on any atom is 0.172 e. The van der Waals surface area contributed by atoms with Gasteiger partial charge in [-0.15, -0.1) is 0 Å². The molecule has 0 atom stereocenters. The predicted molar refractivity (Wildman–Crippen MR) is 74.6 cm³/mol. The molecule has 0 bridgehead atoms. The summed E-state index contributed by atoms with van der Waals surface area (Å²) in [6.45, 7) is 2.44. The second kappa shape index (κ2) is 6.69. The van der Waals surface area contributed by atoms with Crippen molar-refractivity contribution < 1.29 is 9.53 Å². The van der Waals surface area contributed by atoms with Crippen LogP contribution in [0.4, 0.5) is 0 Å². The fourth-order valence-corrected chi connectivity index (χ4v) is 1.87. The molecule has 0 aliphatic heterocycles. The second-order valence-electron chi connectivity index (χ2n) is 4.39. The first-order valence-corrected chi connectivity index (χ1v) is 6.39. The monoisotopic (exact) mass is 255 g/mol. The van der Waals surface area contributed by atoms with Crippen LogP contribution >= 0.6 is 0 Å². The summed E-state index contributed by atoms with van der Waals surface area (Å²) in [4.78, 5) is 15.0. The third kappa shape index (κ3) is 3.91. The number of nitrogens with zero attached hydrogens (tertiary/aromatic N) is 1. The Morgan fingerprint density at radius 1 is 1.16 bits per heavy atom. The number of rotatable bonds is 6. The number of hydrogen-bond acceptors (Lipinski definition) is 3. The van der Waals surface area contributed by atoms with Gasteiger partial charge in [0.1, 0.15) is 11.4 Å². The molecule has 19 heavy (non-hydrogen) atoms. The Morgan fingerprint density at radius 2 is 1.95 bits per heavy atom. The van der Waals surface area contributed by atoms with Crippen molar-refractivity contribution in [3.63, 3.8) is 0 Å². The van der Waals surface area contributed by atoms with E-state index in [1.807, 2.05) is 31.2 Å². The van der Waals surface area contributed by atoms with Gasteiger partial charge in [0.25, 0.3) is 0 Å². The van der Waals surface area contributed by atoms with Gasteiger partial charge in [0.15, 0.2) is 6.29 Å². The van der Waals surface area contributed by atoms with Gasteiger partial charge in [-0.05, 0) is 37.5 Å². The highest BCUT2D eigenvalue weighted by atomic mass is 16.5. The summed E-state index contributed by atoms with van der Waals surface area (Å²) < 4.78 is 5.61. The largest absolute Gasteiger partial charge is 0.491 e. The summed E-state index contributed by atoms with van der Waals surface area (Å²) in [6, 6.07) is 13.9. The SMILES string of the molecule is Cc1ccc(OCCCc2ccccc2)c(C=O)n1. The molecule has 0 saturated heterocycles. The van der Waals surface area contributed by atoms with Crippen LogP contribution in [0.1, 0.15) is 28.2 Å². The molecule has 1 aromatic carbocycles. The number of pyridine rings is 1. The third-order valence-electron chi connectivity index (χ3n) is 2.85. The van der Waals surface area contributed by atoms with E-state index in [-0.39, 0.29) is 0 Å². The Bertz CT molecular complexity index is 538. The molecule has 0 unspecified atom stereocenters. The van der Waals surface area contributed by atoms with Crippen LogP contribution in [0.15, 0.2) is 42.5 Å². The van der Waals surface area contributed by atoms with Gasteiger partial charge in [0.05, 0.1) is 6.61 Å². The van der Waals surface area contributed by atoms with Crippen LogP contribution in [-0.2, 0) is 6.42 Å². The van der Waals surface area contributed by atoms with E-state index >= 15 is 0 Å². The van der Waals surface area contributed by atoms with E-state index in [0.29, 0.717) is 18.1 Å². The molecule has 3 nitrogen and oxygen atoms in total. The van der Waals surface area contributed by atoms with Crippen LogP contribution in [0.3, 0.4) is 0 Å². The number of ether oxygens (including phenoxy) is 1. The number of aldehydes is 1. The van der Waals surface area contributed by atoms with Crippen molar-refractivity contribution in [1.82, 2.24) is 4.98 Å². The van der Waals surface area contributed by atoms with Crippen LogP contribution in [0.25, 0.3) is 0 Å². The molecule has 0 aliphatic rings. The van der Waals surface area contributed by atoms with Crippen molar-refractivity contribution in [3.05, 3.63) is 59.4 Å². The summed E-state index contributed by atoms with van der Waals surface area (Å²) in [7, 11) is 0. The molecule has 98 valence electrons. The topological polar surface area (TPSA) is 39.2 Å². The first-order valence-electron chi connectivity index (χ1n) is 6.39. The van der Waals surface area contributed by atoms with E-state index in [4.69, 9.17) is 4.74 Å². The van der Waals surface area contributed by atoms with Gasteiger partial charge in [0.2, 0.25) is 0 Å². The highest BCUT2D eigenvalue weighted by Gasteiger charge is 2.04. The van der Waals surface area contributed by atoms with Crippen LogP contribution in [0.2, 0.25) is 0 Å². The molecule has 2 aromatic rings. The van der Waals surface area contributed by atoms with Gasteiger partial charge in [-0.3, -0.25) is 4.79 Å². The van der Waals surface area contributed by atoms with Crippen molar-refractivity contribution in [1.29, 1.82) is 0 Å². The molecule has 0 radical (unpaired) electrons. The van der Waals surface area contributed by atoms with Gasteiger partial charge in [0, 0.05) is 5.69 Å². The van der Waals surface area contributed by atoms with E-state index in [1.165, 1.54) is 5.56 Å². The number of aromatic nitrogens is 1. The number of carbonyl (C=O) groups is 1. The van der Waals surface area contributed by atoms with Crippen LogP contribution < -0.4 is 4.74 Å². The van der Waals surface area contributed by atoms with Gasteiger partial charge >= 0.3 is 0 Å². The van der Waals surface area contributed by atoms with Crippen molar-refractivity contribution in [2.24, 2.45) is 0 Å². The number of benzene rings is 1. The predicted octanol–water partition coefficient (Wildman–Crippen LogP) is 3.21. The maximum absolute atomic E-state index is 10.9. The summed E-state index contributed by atoms with van der Waals surface area (Å²) in [6.07, 6.45) is 2.62. The van der Waals surface area contributed by atoms with Crippen molar-refractivity contribution in [2.45, 2.75) is 19.8 Å². The van der Waals surface area contributed by atoms with Gasteiger partial charge < -0.3 is 4.74 Å². The van der Waals surface area contributed by atoms with Crippen LogP contribution in [0.5, 0.6) is 5.75 Å². The molecule has 1 aromatic heterocycles. The molecule has 0 spiro atoms. The molecule has 0 amide bonds. The molecule has 0 saturated carbocycles. The summed E-state index contributed by atoms with van der Waals surface area (Å²) >= 11 is 0. The molecule has 0 N–H and O–H groups in total. The van der Waals surface area contributed by atoms with E-state index in [2.05, 4.69) is 17.1 Å². The van der Waals surface area contributed by atoms with Crippen molar-refractivity contribution in [2.75, 3.05) is 6.61 Å². The van der Waals surface area contributed by atoms with E-state index in [0.717, 1.165) is 24.8 Å². The fraction of sp³-hybridized carbons (Fsp3) is 0.250. The Morgan fingerprint density at radius 3 is 2.68 bits per heavy atom. The van der Waals surface area contributed by atoms with Crippen LogP contribution in [-0.4, -0.2) is 17.9 Å². The Hall–Kier alpha value is -2.16. The zero-order valence-corrected chi connectivity index (χ0v) is 11.0. The first kappa shape index (κ1) is 13.3. The number of hydrogen-bond donors (Lipinski definition) is 0. The highest BCUT2D eigenvalue weighted by Crippen LogP contribution is 2.15. The Balaban J connectivity index is 1.84. The lowest BCUT2D eigenvalue weighted by Crippen LogP contribution is -2.03. The van der Waals surface area contributed by atoms with Crippen molar-refractivity contribution in [3.8, 4) is 5.75 Å². The van der Waals surface area contributed by atoms with Gasteiger partial charge in [-0.25, -0.2) is 4.98 Å². The van der Waals surface area contributed by atoms with Gasteiger partial charge in [-0.2, -0.15) is 0 Å². The van der Waals surface area contributed by atoms with Gasteiger partial charge in [-0.1, -0.05) is 30.3 Å². The van der Waals surface area contributed by atoms with E-state index < -0.39 is 0 Å². The Kier molecular flexibility index (Phi) is 4.67. The van der Waals surface area contributed by atoms with E-state index in [1.54, 1.807) is 6.07 Å². The smallest absolute Gasteiger partial charge is 0.172 e.